The molecule has 0 aromatic carbocycles. The van der Waals surface area contributed by atoms with Crippen molar-refractivity contribution in [3.8, 4) is 0 Å². The van der Waals surface area contributed by atoms with E-state index in [0.717, 1.165) is 31.2 Å². The number of carbonyl (C=O) groups excluding carboxylic acids is 1. The van der Waals surface area contributed by atoms with Gasteiger partial charge in [-0.25, -0.2) is 0 Å². The topological polar surface area (TPSA) is 32.3 Å². The van der Waals surface area contributed by atoms with E-state index in [1.165, 1.54) is 19.3 Å². The van der Waals surface area contributed by atoms with Crippen molar-refractivity contribution in [3.05, 3.63) is 0 Å². The molecule has 1 saturated carbocycles. The summed E-state index contributed by atoms with van der Waals surface area (Å²) in [7, 11) is 0. The van der Waals surface area contributed by atoms with Crippen LogP contribution in [0.15, 0.2) is 0 Å². The van der Waals surface area contributed by atoms with Gasteiger partial charge in [-0.3, -0.25) is 10.1 Å². The molecule has 1 saturated heterocycles. The smallest absolute Gasteiger partial charge is 0.240 e. The van der Waals surface area contributed by atoms with Crippen LogP contribution >= 0.6 is 0 Å². The largest absolute Gasteiger partial charge is 0.326 e. The van der Waals surface area contributed by atoms with Crippen molar-refractivity contribution in [1.82, 2.24) is 10.2 Å². The normalized spacial score (nSPS) is 38.1. The first-order chi connectivity index (χ1) is 8.13. The van der Waals surface area contributed by atoms with Crippen LogP contribution in [0.25, 0.3) is 0 Å². The Balaban J connectivity index is 1.98. The van der Waals surface area contributed by atoms with Gasteiger partial charge in [0.1, 0.15) is 0 Å². The first-order valence-corrected chi connectivity index (χ1v) is 7.20. The molecule has 1 N–H and O–H groups in total. The standard InChI is InChI=1S/C14H26N2O/c1-4-6-13-15-11(3)14(17)16(13)9-12-8-5-7-10(12)2/h10-13,15H,4-9H2,1-3H3. The molecular formula is C14H26N2O. The minimum Gasteiger partial charge on any atom is -0.326 e. The van der Waals surface area contributed by atoms with Crippen molar-refractivity contribution in [3.63, 3.8) is 0 Å². The van der Waals surface area contributed by atoms with Gasteiger partial charge in [0.2, 0.25) is 5.91 Å². The maximum atomic E-state index is 12.1. The van der Waals surface area contributed by atoms with Crippen LogP contribution in [-0.4, -0.2) is 29.6 Å². The minimum atomic E-state index is 0.0169. The summed E-state index contributed by atoms with van der Waals surface area (Å²) in [5.41, 5.74) is 0. The summed E-state index contributed by atoms with van der Waals surface area (Å²) in [5, 5.41) is 3.42. The van der Waals surface area contributed by atoms with E-state index in [-0.39, 0.29) is 12.2 Å². The third kappa shape index (κ3) is 2.65. The molecule has 2 fully saturated rings. The number of nitrogens with zero attached hydrogens (tertiary/aromatic N) is 1. The van der Waals surface area contributed by atoms with Crippen LogP contribution in [0.1, 0.15) is 52.9 Å². The highest BCUT2D eigenvalue weighted by molar-refractivity contribution is 5.83. The molecule has 1 amide bonds. The van der Waals surface area contributed by atoms with Crippen molar-refractivity contribution in [2.24, 2.45) is 11.8 Å². The molecule has 0 radical (unpaired) electrons. The lowest BCUT2D eigenvalue weighted by Gasteiger charge is -2.28. The average molecular weight is 238 g/mol. The molecule has 3 heteroatoms. The van der Waals surface area contributed by atoms with Gasteiger partial charge >= 0.3 is 0 Å². The lowest BCUT2D eigenvalue weighted by atomic mass is 9.97. The summed E-state index contributed by atoms with van der Waals surface area (Å²) in [5.74, 6) is 1.83. The summed E-state index contributed by atoms with van der Waals surface area (Å²) in [6, 6.07) is 0.0169. The van der Waals surface area contributed by atoms with E-state index in [1.807, 2.05) is 6.92 Å². The molecule has 0 spiro atoms. The van der Waals surface area contributed by atoms with Crippen molar-refractivity contribution in [2.75, 3.05) is 6.54 Å². The van der Waals surface area contributed by atoms with E-state index < -0.39 is 0 Å². The van der Waals surface area contributed by atoms with Crippen LogP contribution in [-0.2, 0) is 4.79 Å². The lowest BCUT2D eigenvalue weighted by Crippen LogP contribution is -2.40. The molecule has 1 heterocycles. The number of carbonyl (C=O) groups is 1. The number of hydrogen-bond acceptors (Lipinski definition) is 2. The molecule has 4 unspecified atom stereocenters. The second-order valence-electron chi connectivity index (χ2n) is 5.85. The van der Waals surface area contributed by atoms with E-state index in [0.29, 0.717) is 5.91 Å². The maximum Gasteiger partial charge on any atom is 0.240 e. The fraction of sp³-hybridized carbons (Fsp3) is 0.929. The van der Waals surface area contributed by atoms with Crippen LogP contribution < -0.4 is 5.32 Å². The Labute approximate surface area is 105 Å². The van der Waals surface area contributed by atoms with E-state index in [9.17, 15) is 4.79 Å². The van der Waals surface area contributed by atoms with Gasteiger partial charge in [0.15, 0.2) is 0 Å². The molecule has 0 bridgehead atoms. The third-order valence-corrected chi connectivity index (χ3v) is 4.50. The van der Waals surface area contributed by atoms with Crippen LogP contribution in [0.5, 0.6) is 0 Å². The maximum absolute atomic E-state index is 12.1. The van der Waals surface area contributed by atoms with Gasteiger partial charge in [-0.15, -0.1) is 0 Å². The van der Waals surface area contributed by atoms with Crippen molar-refractivity contribution in [2.45, 2.75) is 65.1 Å². The molecule has 1 aliphatic carbocycles. The van der Waals surface area contributed by atoms with Gasteiger partial charge in [0.05, 0.1) is 12.2 Å². The second kappa shape index (κ2) is 5.38. The fourth-order valence-corrected chi connectivity index (χ4v) is 3.33. The molecule has 2 aliphatic rings. The lowest BCUT2D eigenvalue weighted by molar-refractivity contribution is -0.130. The summed E-state index contributed by atoms with van der Waals surface area (Å²) in [6.07, 6.45) is 6.49. The number of nitrogens with one attached hydrogen (secondary N) is 1. The Morgan fingerprint density at radius 1 is 1.35 bits per heavy atom. The monoisotopic (exact) mass is 238 g/mol. The molecule has 3 nitrogen and oxygen atoms in total. The highest BCUT2D eigenvalue weighted by Crippen LogP contribution is 2.33. The van der Waals surface area contributed by atoms with Crippen molar-refractivity contribution >= 4 is 5.91 Å². The Kier molecular flexibility index (Phi) is 4.08. The predicted octanol–water partition coefficient (Wildman–Crippen LogP) is 2.37. The predicted molar refractivity (Wildman–Crippen MR) is 69.5 cm³/mol. The fourth-order valence-electron chi connectivity index (χ4n) is 3.33. The highest BCUT2D eigenvalue weighted by atomic mass is 16.2. The van der Waals surface area contributed by atoms with Gasteiger partial charge < -0.3 is 4.90 Å². The molecule has 1 aliphatic heterocycles. The number of amides is 1. The van der Waals surface area contributed by atoms with Crippen LogP contribution in [0.2, 0.25) is 0 Å². The minimum absolute atomic E-state index is 0.0169. The van der Waals surface area contributed by atoms with E-state index in [4.69, 9.17) is 0 Å². The number of hydrogen-bond donors (Lipinski definition) is 1. The van der Waals surface area contributed by atoms with Gasteiger partial charge in [-0.1, -0.05) is 33.1 Å². The van der Waals surface area contributed by atoms with Gasteiger partial charge in [0.25, 0.3) is 0 Å². The van der Waals surface area contributed by atoms with Gasteiger partial charge in [0, 0.05) is 6.54 Å². The van der Waals surface area contributed by atoms with Gasteiger partial charge in [-0.05, 0) is 31.6 Å². The van der Waals surface area contributed by atoms with Crippen molar-refractivity contribution < 1.29 is 4.79 Å². The molecular weight excluding hydrogens is 212 g/mol. The average Bonchev–Trinajstić information content (AvgIpc) is 2.80. The van der Waals surface area contributed by atoms with E-state index >= 15 is 0 Å². The zero-order valence-electron chi connectivity index (χ0n) is 11.4. The molecule has 17 heavy (non-hydrogen) atoms. The van der Waals surface area contributed by atoms with Crippen LogP contribution in [0.3, 0.4) is 0 Å². The van der Waals surface area contributed by atoms with E-state index in [2.05, 4.69) is 24.1 Å². The van der Waals surface area contributed by atoms with Crippen LogP contribution in [0.4, 0.5) is 0 Å². The Morgan fingerprint density at radius 2 is 2.12 bits per heavy atom. The van der Waals surface area contributed by atoms with Gasteiger partial charge in [-0.2, -0.15) is 0 Å². The summed E-state index contributed by atoms with van der Waals surface area (Å²) in [4.78, 5) is 14.3. The van der Waals surface area contributed by atoms with Crippen LogP contribution in [0, 0.1) is 11.8 Å². The quantitative estimate of drug-likeness (QED) is 0.815. The SMILES string of the molecule is CCCC1NC(C)C(=O)N1CC1CCCC1C. The Bertz CT molecular complexity index is 279. The van der Waals surface area contributed by atoms with Crippen molar-refractivity contribution in [1.29, 1.82) is 0 Å². The summed E-state index contributed by atoms with van der Waals surface area (Å²) < 4.78 is 0. The molecule has 0 aromatic heterocycles. The molecule has 2 rings (SSSR count). The summed E-state index contributed by atoms with van der Waals surface area (Å²) in [6.45, 7) is 7.49. The second-order valence-corrected chi connectivity index (χ2v) is 5.85. The van der Waals surface area contributed by atoms with E-state index in [1.54, 1.807) is 0 Å². The molecule has 98 valence electrons. The summed E-state index contributed by atoms with van der Waals surface area (Å²) >= 11 is 0. The zero-order chi connectivity index (χ0) is 12.4. The first kappa shape index (κ1) is 12.9. The molecule has 0 aromatic rings. The zero-order valence-corrected chi connectivity index (χ0v) is 11.4. The molecule has 4 atom stereocenters. The highest BCUT2D eigenvalue weighted by Gasteiger charge is 2.38. The first-order valence-electron chi connectivity index (χ1n) is 7.20. The Morgan fingerprint density at radius 3 is 2.71 bits per heavy atom. The third-order valence-electron chi connectivity index (χ3n) is 4.50. The number of rotatable bonds is 4. The Hall–Kier alpha value is -0.570.